The number of hydrogen-bond donors (Lipinski definition) is 0. The van der Waals surface area contributed by atoms with Gasteiger partial charge in [-0.05, 0) is 0 Å². The largest absolute Gasteiger partial charge is 1.00 e. The van der Waals surface area contributed by atoms with Crippen molar-refractivity contribution in [2.75, 3.05) is 0 Å². The Morgan fingerprint density at radius 2 is 0.968 bits per heavy atom. The molecule has 2 atom stereocenters. The molecule has 0 aromatic carbocycles. The van der Waals surface area contributed by atoms with E-state index in [1.807, 2.05) is 0 Å². The molecule has 2 fully saturated rings. The summed E-state index contributed by atoms with van der Waals surface area (Å²) in [5.41, 5.74) is 4.31. The van der Waals surface area contributed by atoms with Gasteiger partial charge in [-0.15, -0.1) is 0 Å². The molecule has 2 saturated carbocycles. The molecule has 0 spiro atoms. The third-order valence-electron chi connectivity index (χ3n) is 9.02. The molecule has 0 aliphatic heterocycles. The molecule has 3 heteroatoms. The van der Waals surface area contributed by atoms with Crippen molar-refractivity contribution in [1.82, 2.24) is 0 Å². The fourth-order valence-electron chi connectivity index (χ4n) is 7.13. The minimum absolute atomic E-state index is 0. The molecule has 0 saturated heterocycles. The number of rotatable bonds is 6. The van der Waals surface area contributed by atoms with Crippen LogP contribution in [0.15, 0.2) is 47.6 Å². The number of halogens is 2. The molecule has 0 aromatic rings. The SMILES string of the molecule is CC(C)C1(C2=C[C](C)([Zr+2][C]3(C)C=CC(C4(C(C)C)CCCC4)=C3)C=C2)CCCC1.[Cl-].[Cl-]. The van der Waals surface area contributed by atoms with Crippen LogP contribution in [-0.4, -0.2) is 0 Å². The molecule has 0 aromatic heterocycles. The molecule has 4 rings (SSSR count). The standard InChI is InChI=1S/2C14H21.2ClH.Zr/c2*1-11(2)14(8-4-5-9-14)13-7-6-12(3)10-13;;;/h2*6-7,10-11H,4-5,8-9H2,1-3H3;2*1H;/q;;;;+2/p-2. The maximum absolute atomic E-state index is 2.74. The predicted octanol–water partition coefficient (Wildman–Crippen LogP) is 2.86. The van der Waals surface area contributed by atoms with Gasteiger partial charge in [0.25, 0.3) is 0 Å². The molecule has 0 radical (unpaired) electrons. The molecule has 4 aliphatic carbocycles. The minimum Gasteiger partial charge on any atom is -1.00 e. The molecule has 0 amide bonds. The van der Waals surface area contributed by atoms with Gasteiger partial charge in [0.2, 0.25) is 0 Å². The smallest absolute Gasteiger partial charge is 1.00 e. The van der Waals surface area contributed by atoms with E-state index in [1.54, 1.807) is 11.1 Å². The second-order valence-electron chi connectivity index (χ2n) is 11.6. The van der Waals surface area contributed by atoms with Crippen molar-refractivity contribution in [2.45, 2.75) is 99.2 Å². The van der Waals surface area contributed by atoms with E-state index in [2.05, 4.69) is 78.0 Å². The van der Waals surface area contributed by atoms with Crippen molar-refractivity contribution in [1.29, 1.82) is 0 Å². The Balaban J connectivity index is 0.00000171. The monoisotopic (exact) mass is 538 g/mol. The summed E-state index contributed by atoms with van der Waals surface area (Å²) in [6, 6.07) is 0. The van der Waals surface area contributed by atoms with Crippen LogP contribution in [0.3, 0.4) is 0 Å². The molecular formula is C28H42Cl2Zr. The van der Waals surface area contributed by atoms with Crippen LogP contribution in [0.2, 0.25) is 6.25 Å². The van der Waals surface area contributed by atoms with Gasteiger partial charge in [0.1, 0.15) is 0 Å². The zero-order valence-electron chi connectivity index (χ0n) is 20.5. The Morgan fingerprint density at radius 1 is 0.645 bits per heavy atom. The van der Waals surface area contributed by atoms with Gasteiger partial charge in [-0.25, -0.2) is 0 Å². The van der Waals surface area contributed by atoms with E-state index >= 15 is 0 Å². The van der Waals surface area contributed by atoms with Gasteiger partial charge in [-0.2, -0.15) is 0 Å². The molecular weight excluding hydrogens is 498 g/mol. The van der Waals surface area contributed by atoms with Gasteiger partial charge >= 0.3 is 193 Å². The van der Waals surface area contributed by atoms with Crippen LogP contribution in [0, 0.1) is 22.7 Å². The van der Waals surface area contributed by atoms with Crippen molar-refractivity contribution in [3.63, 3.8) is 0 Å². The normalized spacial score (nSPS) is 32.6. The van der Waals surface area contributed by atoms with Crippen molar-refractivity contribution in [3.8, 4) is 0 Å². The summed E-state index contributed by atoms with van der Waals surface area (Å²) in [6.45, 7) is 14.9. The van der Waals surface area contributed by atoms with E-state index < -0.39 is 23.2 Å². The Bertz CT molecular complexity index is 696. The summed E-state index contributed by atoms with van der Waals surface area (Å²) in [7, 11) is 0. The van der Waals surface area contributed by atoms with Crippen molar-refractivity contribution < 1.29 is 48.0 Å². The fourth-order valence-corrected chi connectivity index (χ4v) is 11.9. The quantitative estimate of drug-likeness (QED) is 0.486. The number of allylic oxidation sites excluding steroid dienone is 8. The van der Waals surface area contributed by atoms with Crippen LogP contribution in [0.4, 0.5) is 0 Å². The molecule has 172 valence electrons. The average Bonchev–Trinajstić information content (AvgIpc) is 3.40. The summed E-state index contributed by atoms with van der Waals surface area (Å²) in [5, 5.41) is 0. The van der Waals surface area contributed by atoms with Gasteiger partial charge < -0.3 is 24.8 Å². The van der Waals surface area contributed by atoms with E-state index in [9.17, 15) is 0 Å². The first-order valence-corrected chi connectivity index (χ1v) is 14.7. The van der Waals surface area contributed by atoms with Crippen molar-refractivity contribution >= 4 is 0 Å². The molecule has 0 heterocycles. The second-order valence-corrected chi connectivity index (χ2v) is 17.5. The van der Waals surface area contributed by atoms with Crippen LogP contribution >= 0.6 is 0 Å². The molecule has 0 nitrogen and oxygen atoms in total. The third kappa shape index (κ3) is 4.96. The topological polar surface area (TPSA) is 0 Å². The first-order chi connectivity index (χ1) is 13.6. The Hall–Kier alpha value is 0.423. The molecule has 0 N–H and O–H groups in total. The maximum Gasteiger partial charge on any atom is -1.00 e. The summed E-state index contributed by atoms with van der Waals surface area (Å²) >= 11 is -0.725. The zero-order valence-corrected chi connectivity index (χ0v) is 24.5. The minimum atomic E-state index is -0.725. The van der Waals surface area contributed by atoms with Gasteiger partial charge in [0.05, 0.1) is 0 Å². The van der Waals surface area contributed by atoms with E-state index in [1.165, 1.54) is 51.4 Å². The Kier molecular flexibility index (Phi) is 8.89. The van der Waals surface area contributed by atoms with E-state index in [0.717, 1.165) is 11.8 Å². The summed E-state index contributed by atoms with van der Waals surface area (Å²) in [6.07, 6.45) is 27.1. The van der Waals surface area contributed by atoms with E-state index in [-0.39, 0.29) is 24.8 Å². The van der Waals surface area contributed by atoms with Crippen molar-refractivity contribution in [3.05, 3.63) is 47.6 Å². The van der Waals surface area contributed by atoms with Gasteiger partial charge in [-0.3, -0.25) is 0 Å². The third-order valence-corrected chi connectivity index (χ3v) is 13.2. The summed E-state index contributed by atoms with van der Waals surface area (Å²) in [4.78, 5) is 0. The second kappa shape index (κ2) is 9.96. The van der Waals surface area contributed by atoms with Crippen LogP contribution < -0.4 is 24.8 Å². The van der Waals surface area contributed by atoms with Crippen LogP contribution in [0.25, 0.3) is 0 Å². The molecule has 31 heavy (non-hydrogen) atoms. The first kappa shape index (κ1) is 27.7. The van der Waals surface area contributed by atoms with E-state index in [0.29, 0.717) is 17.1 Å². The van der Waals surface area contributed by atoms with Crippen LogP contribution in [-0.2, 0) is 23.2 Å². The van der Waals surface area contributed by atoms with E-state index in [4.69, 9.17) is 0 Å². The van der Waals surface area contributed by atoms with Crippen LogP contribution in [0.1, 0.15) is 92.9 Å². The van der Waals surface area contributed by atoms with Crippen molar-refractivity contribution in [2.24, 2.45) is 22.7 Å². The summed E-state index contributed by atoms with van der Waals surface area (Å²) < 4.78 is 0.712. The van der Waals surface area contributed by atoms with Gasteiger partial charge in [0, 0.05) is 0 Å². The van der Waals surface area contributed by atoms with Gasteiger partial charge in [0.15, 0.2) is 0 Å². The Morgan fingerprint density at radius 3 is 1.26 bits per heavy atom. The average molecular weight is 541 g/mol. The number of hydrogen-bond acceptors (Lipinski definition) is 0. The zero-order chi connectivity index (χ0) is 20.9. The van der Waals surface area contributed by atoms with Gasteiger partial charge in [-0.1, -0.05) is 0 Å². The first-order valence-electron chi connectivity index (χ1n) is 12.3. The molecule has 4 aliphatic rings. The van der Waals surface area contributed by atoms with Crippen LogP contribution in [0.5, 0.6) is 0 Å². The molecule has 2 unspecified atom stereocenters. The predicted molar refractivity (Wildman–Crippen MR) is 123 cm³/mol. The Labute approximate surface area is 216 Å². The maximum atomic E-state index is 2.74. The molecule has 0 bridgehead atoms. The fraction of sp³-hybridized carbons (Fsp3) is 0.714. The summed E-state index contributed by atoms with van der Waals surface area (Å²) in [5.74, 6) is 1.52.